The van der Waals surface area contributed by atoms with Crippen molar-refractivity contribution in [1.82, 2.24) is 9.97 Å². The summed E-state index contributed by atoms with van der Waals surface area (Å²) in [7, 11) is 0. The molecule has 0 radical (unpaired) electrons. The Hall–Kier alpha value is -1.90. The van der Waals surface area contributed by atoms with Gasteiger partial charge in [-0.1, -0.05) is 42.7 Å². The number of aromatic nitrogens is 2. The average molecular weight is 283 g/mol. The van der Waals surface area contributed by atoms with Gasteiger partial charge in [0.15, 0.2) is 0 Å². The third-order valence-electron chi connectivity index (χ3n) is 3.33. The van der Waals surface area contributed by atoms with Crippen molar-refractivity contribution in [2.24, 2.45) is 0 Å². The molecule has 0 bridgehead atoms. The minimum absolute atomic E-state index is 0.790. The highest BCUT2D eigenvalue weighted by molar-refractivity contribution is 5.37. The van der Waals surface area contributed by atoms with Gasteiger partial charge in [-0.2, -0.15) is 0 Å². The monoisotopic (exact) mass is 283 g/mol. The van der Waals surface area contributed by atoms with Gasteiger partial charge in [-0.3, -0.25) is 0 Å². The Morgan fingerprint density at radius 2 is 1.67 bits per heavy atom. The smallest absolute Gasteiger partial charge is 0.135 e. The van der Waals surface area contributed by atoms with Gasteiger partial charge in [0.1, 0.15) is 11.6 Å². The first-order valence-corrected chi connectivity index (χ1v) is 7.78. The van der Waals surface area contributed by atoms with E-state index in [-0.39, 0.29) is 0 Å². The standard InChI is InChI=1S/C18H25N3/c1-5-7-16-12-17(19-6-2)21-18(20-16)11-15-9-13(3)8-14(4)10-15/h8-10,12H,5-7,11H2,1-4H3,(H,19,20,21). The molecule has 0 saturated carbocycles. The van der Waals surface area contributed by atoms with Crippen LogP contribution >= 0.6 is 0 Å². The molecule has 0 spiro atoms. The second kappa shape index (κ2) is 7.21. The minimum Gasteiger partial charge on any atom is -0.370 e. The van der Waals surface area contributed by atoms with Gasteiger partial charge in [-0.05, 0) is 32.8 Å². The zero-order chi connectivity index (χ0) is 15.2. The lowest BCUT2D eigenvalue weighted by molar-refractivity contribution is 0.841. The number of nitrogens with zero attached hydrogens (tertiary/aromatic N) is 2. The van der Waals surface area contributed by atoms with E-state index >= 15 is 0 Å². The van der Waals surface area contributed by atoms with E-state index in [0.29, 0.717) is 0 Å². The van der Waals surface area contributed by atoms with Gasteiger partial charge >= 0.3 is 0 Å². The maximum absolute atomic E-state index is 4.71. The first-order chi connectivity index (χ1) is 10.1. The predicted molar refractivity (Wildman–Crippen MR) is 88.9 cm³/mol. The van der Waals surface area contributed by atoms with E-state index in [9.17, 15) is 0 Å². The Morgan fingerprint density at radius 1 is 0.952 bits per heavy atom. The van der Waals surface area contributed by atoms with E-state index in [1.54, 1.807) is 0 Å². The summed E-state index contributed by atoms with van der Waals surface area (Å²) in [5, 5.41) is 3.30. The first-order valence-electron chi connectivity index (χ1n) is 7.78. The summed E-state index contributed by atoms with van der Waals surface area (Å²) in [5.74, 6) is 1.84. The minimum atomic E-state index is 0.790. The number of hydrogen-bond acceptors (Lipinski definition) is 3. The van der Waals surface area contributed by atoms with Crippen LogP contribution in [0.1, 0.15) is 48.5 Å². The fraction of sp³-hybridized carbons (Fsp3) is 0.444. The van der Waals surface area contributed by atoms with Crippen molar-refractivity contribution in [2.45, 2.75) is 47.0 Å². The lowest BCUT2D eigenvalue weighted by Gasteiger charge is -2.09. The molecule has 3 nitrogen and oxygen atoms in total. The highest BCUT2D eigenvalue weighted by Gasteiger charge is 2.06. The van der Waals surface area contributed by atoms with Crippen molar-refractivity contribution >= 4 is 5.82 Å². The summed E-state index contributed by atoms with van der Waals surface area (Å²) < 4.78 is 0. The van der Waals surface area contributed by atoms with E-state index in [1.165, 1.54) is 16.7 Å². The van der Waals surface area contributed by atoms with Crippen molar-refractivity contribution in [2.75, 3.05) is 11.9 Å². The zero-order valence-corrected chi connectivity index (χ0v) is 13.5. The van der Waals surface area contributed by atoms with Crippen molar-refractivity contribution in [3.05, 3.63) is 52.5 Å². The Kier molecular flexibility index (Phi) is 5.32. The Balaban J connectivity index is 2.28. The van der Waals surface area contributed by atoms with Gasteiger partial charge in [-0.25, -0.2) is 9.97 Å². The molecule has 1 aromatic carbocycles. The largest absolute Gasteiger partial charge is 0.370 e. The number of nitrogens with one attached hydrogen (secondary N) is 1. The van der Waals surface area contributed by atoms with Crippen LogP contribution < -0.4 is 5.32 Å². The van der Waals surface area contributed by atoms with Gasteiger partial charge in [0.25, 0.3) is 0 Å². The molecule has 2 rings (SSSR count). The lowest BCUT2D eigenvalue weighted by Crippen LogP contribution is -2.07. The summed E-state index contributed by atoms with van der Waals surface area (Å²) in [6.45, 7) is 9.42. The van der Waals surface area contributed by atoms with Gasteiger partial charge < -0.3 is 5.32 Å². The molecular formula is C18H25N3. The average Bonchev–Trinajstić information content (AvgIpc) is 2.37. The van der Waals surface area contributed by atoms with E-state index in [4.69, 9.17) is 4.98 Å². The molecule has 1 aromatic heterocycles. The number of aryl methyl sites for hydroxylation is 3. The van der Waals surface area contributed by atoms with Gasteiger partial charge in [0, 0.05) is 24.7 Å². The van der Waals surface area contributed by atoms with Crippen LogP contribution in [0.2, 0.25) is 0 Å². The maximum Gasteiger partial charge on any atom is 0.135 e. The SMILES string of the molecule is CCCc1cc(NCC)nc(Cc2cc(C)cc(C)c2)n1. The summed E-state index contributed by atoms with van der Waals surface area (Å²) in [4.78, 5) is 9.35. The second-order valence-electron chi connectivity index (χ2n) is 5.61. The number of benzene rings is 1. The van der Waals surface area contributed by atoms with Gasteiger partial charge in [0.2, 0.25) is 0 Å². The van der Waals surface area contributed by atoms with Crippen LogP contribution in [-0.2, 0) is 12.8 Å². The summed E-state index contributed by atoms with van der Waals surface area (Å²) in [5.41, 5.74) is 5.00. The van der Waals surface area contributed by atoms with Crippen LogP contribution in [0.4, 0.5) is 5.82 Å². The number of hydrogen-bond donors (Lipinski definition) is 1. The molecular weight excluding hydrogens is 258 g/mol. The zero-order valence-electron chi connectivity index (χ0n) is 13.5. The van der Waals surface area contributed by atoms with Crippen LogP contribution in [0, 0.1) is 13.8 Å². The Labute approximate surface area is 127 Å². The first kappa shape index (κ1) is 15.5. The number of anilines is 1. The molecule has 3 heteroatoms. The predicted octanol–water partition coefficient (Wildman–Crippen LogP) is 4.07. The quantitative estimate of drug-likeness (QED) is 0.868. The maximum atomic E-state index is 4.71. The fourth-order valence-corrected chi connectivity index (χ4v) is 2.64. The normalized spacial score (nSPS) is 10.7. The van der Waals surface area contributed by atoms with Crippen LogP contribution in [0.3, 0.4) is 0 Å². The van der Waals surface area contributed by atoms with E-state index in [0.717, 1.165) is 43.1 Å². The van der Waals surface area contributed by atoms with Crippen LogP contribution in [0.5, 0.6) is 0 Å². The van der Waals surface area contributed by atoms with Crippen LogP contribution in [-0.4, -0.2) is 16.5 Å². The van der Waals surface area contributed by atoms with Crippen LogP contribution in [0.25, 0.3) is 0 Å². The summed E-state index contributed by atoms with van der Waals surface area (Å²) in [6, 6.07) is 8.70. The molecule has 0 aliphatic rings. The Bertz CT molecular complexity index is 561. The topological polar surface area (TPSA) is 37.8 Å². The van der Waals surface area contributed by atoms with E-state index in [1.807, 2.05) is 0 Å². The summed E-state index contributed by atoms with van der Waals surface area (Å²) in [6.07, 6.45) is 2.89. The molecule has 0 amide bonds. The van der Waals surface area contributed by atoms with E-state index < -0.39 is 0 Å². The molecule has 21 heavy (non-hydrogen) atoms. The van der Waals surface area contributed by atoms with Crippen molar-refractivity contribution in [1.29, 1.82) is 0 Å². The third kappa shape index (κ3) is 4.55. The molecule has 2 aromatic rings. The molecule has 1 heterocycles. The highest BCUT2D eigenvalue weighted by atomic mass is 15.0. The molecule has 112 valence electrons. The Morgan fingerprint density at radius 3 is 2.29 bits per heavy atom. The molecule has 0 aliphatic carbocycles. The summed E-state index contributed by atoms with van der Waals surface area (Å²) >= 11 is 0. The number of rotatable bonds is 6. The molecule has 0 atom stereocenters. The van der Waals surface area contributed by atoms with Crippen molar-refractivity contribution < 1.29 is 0 Å². The van der Waals surface area contributed by atoms with Crippen molar-refractivity contribution in [3.63, 3.8) is 0 Å². The molecule has 0 unspecified atom stereocenters. The lowest BCUT2D eigenvalue weighted by atomic mass is 10.0. The van der Waals surface area contributed by atoms with Crippen molar-refractivity contribution in [3.8, 4) is 0 Å². The molecule has 0 fully saturated rings. The highest BCUT2D eigenvalue weighted by Crippen LogP contribution is 2.15. The van der Waals surface area contributed by atoms with Gasteiger partial charge in [-0.15, -0.1) is 0 Å². The molecule has 0 saturated heterocycles. The fourth-order valence-electron chi connectivity index (χ4n) is 2.64. The molecule has 0 aliphatic heterocycles. The van der Waals surface area contributed by atoms with Crippen LogP contribution in [0.15, 0.2) is 24.3 Å². The van der Waals surface area contributed by atoms with Gasteiger partial charge in [0.05, 0.1) is 0 Å². The molecule has 1 N–H and O–H groups in total. The third-order valence-corrected chi connectivity index (χ3v) is 3.33. The second-order valence-corrected chi connectivity index (χ2v) is 5.61. The van der Waals surface area contributed by atoms with E-state index in [2.05, 4.69) is 62.3 Å².